The summed E-state index contributed by atoms with van der Waals surface area (Å²) in [5, 5.41) is 3.54. The molecule has 0 aromatic heterocycles. The molecule has 2 fully saturated rings. The van der Waals surface area contributed by atoms with Gasteiger partial charge in [0.25, 0.3) is 0 Å². The molecule has 2 rings (SSSR count). The summed E-state index contributed by atoms with van der Waals surface area (Å²) in [7, 11) is 0. The van der Waals surface area contributed by atoms with Crippen molar-refractivity contribution >= 4 is 90.4 Å². The van der Waals surface area contributed by atoms with E-state index < -0.39 is 0 Å². The van der Waals surface area contributed by atoms with Gasteiger partial charge < -0.3 is 0 Å². The maximum absolute atomic E-state index is 3.54. The first kappa shape index (κ1) is 11.4. The Labute approximate surface area is 128 Å². The van der Waals surface area contributed by atoms with Crippen LogP contribution in [0.1, 0.15) is 6.92 Å². The van der Waals surface area contributed by atoms with Crippen LogP contribution in [0.2, 0.25) is 0 Å². The molecular weight excluding hydrogens is 606 g/mol. The summed E-state index contributed by atoms with van der Waals surface area (Å²) in [6, 6.07) is 0. The van der Waals surface area contributed by atoms with Crippen LogP contribution < -0.4 is 5.32 Å². The lowest BCUT2D eigenvalue weighted by atomic mass is 9.59. The highest BCUT2D eigenvalue weighted by atomic mass is 127. The highest BCUT2D eigenvalue weighted by Gasteiger charge is 2.69. The van der Waals surface area contributed by atoms with Crippen LogP contribution in [0.25, 0.3) is 0 Å². The molecule has 1 heterocycles. The molecule has 0 aromatic carbocycles. The lowest BCUT2D eigenvalue weighted by Gasteiger charge is -2.67. The Kier molecular flexibility index (Phi) is 3.52. The van der Waals surface area contributed by atoms with Crippen molar-refractivity contribution in [1.29, 1.82) is 0 Å². The summed E-state index contributed by atoms with van der Waals surface area (Å²) >= 11 is 10.4. The molecule has 1 saturated heterocycles. The third-order valence-corrected chi connectivity index (χ3v) is 10.4. The summed E-state index contributed by atoms with van der Waals surface area (Å²) in [6.45, 7) is 2.38. The number of hydrogen-bond donors (Lipinski definition) is 1. The molecule has 4 unspecified atom stereocenters. The summed E-state index contributed by atoms with van der Waals surface area (Å²) in [6.07, 6.45) is 0. The average Bonchev–Trinajstić information content (AvgIpc) is 2.04. The number of hydrogen-bond acceptors (Lipinski definition) is 1. The molecule has 70 valence electrons. The van der Waals surface area contributed by atoms with Crippen molar-refractivity contribution in [1.82, 2.24) is 5.32 Å². The molecule has 2 aliphatic rings. The van der Waals surface area contributed by atoms with E-state index in [1.54, 1.807) is 0 Å². The van der Waals surface area contributed by atoms with Crippen molar-refractivity contribution in [3.05, 3.63) is 0 Å². The standard InChI is InChI=1S/C7H9I4N/c1-2-3(8)7(4(2)9)5(10)12-6(7)11/h2-6,12H,1H3. The number of rotatable bonds is 0. The fourth-order valence-corrected chi connectivity index (χ4v) is 13.7. The van der Waals surface area contributed by atoms with E-state index in [-0.39, 0.29) is 0 Å². The molecule has 1 saturated carbocycles. The van der Waals surface area contributed by atoms with Crippen LogP contribution in [0.4, 0.5) is 0 Å². The summed E-state index contributed by atoms with van der Waals surface area (Å²) in [5.41, 5.74) is 0.585. The zero-order valence-electron chi connectivity index (χ0n) is 6.40. The van der Waals surface area contributed by atoms with Crippen LogP contribution >= 0.6 is 90.4 Å². The van der Waals surface area contributed by atoms with Crippen molar-refractivity contribution < 1.29 is 0 Å². The second-order valence-corrected chi connectivity index (χ2v) is 8.73. The smallest absolute Gasteiger partial charge is 0.0702 e. The predicted octanol–water partition coefficient (Wildman–Crippen LogP) is 3.36. The Bertz CT molecular complexity index is 190. The SMILES string of the molecule is CC1C(I)C2(C(I)NC2I)C1I. The van der Waals surface area contributed by atoms with Gasteiger partial charge in [-0.2, -0.15) is 0 Å². The predicted molar refractivity (Wildman–Crippen MR) is 86.0 cm³/mol. The van der Waals surface area contributed by atoms with Crippen LogP contribution in [-0.2, 0) is 0 Å². The lowest BCUT2D eigenvalue weighted by Crippen LogP contribution is -2.80. The largest absolute Gasteiger partial charge is 0.293 e. The van der Waals surface area contributed by atoms with Crippen molar-refractivity contribution in [2.75, 3.05) is 0 Å². The molecule has 5 heteroatoms. The van der Waals surface area contributed by atoms with Crippen molar-refractivity contribution in [2.24, 2.45) is 11.3 Å². The average molecular weight is 615 g/mol. The van der Waals surface area contributed by atoms with Gasteiger partial charge in [-0.1, -0.05) is 97.3 Å². The monoisotopic (exact) mass is 615 g/mol. The van der Waals surface area contributed by atoms with Gasteiger partial charge in [-0.25, -0.2) is 0 Å². The number of nitrogens with one attached hydrogen (secondary N) is 1. The van der Waals surface area contributed by atoms with Gasteiger partial charge in [-0.15, -0.1) is 0 Å². The molecule has 0 radical (unpaired) electrons. The molecule has 1 N–H and O–H groups in total. The lowest BCUT2D eigenvalue weighted by molar-refractivity contribution is 0.0303. The molecule has 4 atom stereocenters. The highest BCUT2D eigenvalue weighted by Crippen LogP contribution is 2.65. The van der Waals surface area contributed by atoms with E-state index in [0.29, 0.717) is 13.5 Å². The van der Waals surface area contributed by atoms with Crippen LogP contribution in [0.3, 0.4) is 0 Å². The van der Waals surface area contributed by atoms with Gasteiger partial charge in [-0.05, 0) is 5.92 Å². The van der Waals surface area contributed by atoms with Crippen LogP contribution in [0.5, 0.6) is 0 Å². The van der Waals surface area contributed by atoms with Gasteiger partial charge >= 0.3 is 0 Å². The van der Waals surface area contributed by atoms with Gasteiger partial charge in [0, 0.05) is 13.3 Å². The Hall–Kier alpha value is 2.88. The third-order valence-electron chi connectivity index (χ3n) is 3.05. The van der Waals surface area contributed by atoms with Gasteiger partial charge in [-0.3, -0.25) is 5.32 Å². The Morgan fingerprint density at radius 2 is 1.42 bits per heavy atom. The van der Waals surface area contributed by atoms with Crippen LogP contribution in [0.15, 0.2) is 0 Å². The molecular formula is C7H9I4N. The second kappa shape index (κ2) is 3.72. The third kappa shape index (κ3) is 1.20. The topological polar surface area (TPSA) is 12.0 Å². The van der Waals surface area contributed by atoms with Gasteiger partial charge in [0.2, 0.25) is 0 Å². The van der Waals surface area contributed by atoms with Gasteiger partial charge in [0.15, 0.2) is 0 Å². The van der Waals surface area contributed by atoms with Crippen molar-refractivity contribution in [3.8, 4) is 0 Å². The Morgan fingerprint density at radius 1 is 1.00 bits per heavy atom. The number of alkyl halides is 4. The minimum Gasteiger partial charge on any atom is -0.293 e. The van der Waals surface area contributed by atoms with Crippen molar-refractivity contribution in [3.63, 3.8) is 0 Å². The van der Waals surface area contributed by atoms with Crippen LogP contribution in [0, 0.1) is 11.3 Å². The minimum absolute atomic E-state index is 0.585. The molecule has 0 aromatic rings. The zero-order chi connectivity index (χ0) is 9.09. The molecule has 12 heavy (non-hydrogen) atoms. The maximum atomic E-state index is 3.54. The van der Waals surface area contributed by atoms with E-state index in [9.17, 15) is 0 Å². The van der Waals surface area contributed by atoms with E-state index in [0.717, 1.165) is 13.8 Å². The van der Waals surface area contributed by atoms with E-state index >= 15 is 0 Å². The second-order valence-electron chi connectivity index (χ2n) is 3.55. The molecule has 1 nitrogen and oxygen atoms in total. The van der Waals surface area contributed by atoms with Crippen molar-refractivity contribution in [2.45, 2.75) is 22.9 Å². The maximum Gasteiger partial charge on any atom is 0.0702 e. The summed E-state index contributed by atoms with van der Waals surface area (Å²) < 4.78 is 3.11. The first-order valence-electron chi connectivity index (χ1n) is 3.85. The molecule has 1 aliphatic carbocycles. The zero-order valence-corrected chi connectivity index (χ0v) is 15.0. The Morgan fingerprint density at radius 3 is 1.67 bits per heavy atom. The first-order chi connectivity index (χ1) is 5.52. The number of halogens is 4. The summed E-state index contributed by atoms with van der Waals surface area (Å²) in [5.74, 6) is 0.892. The van der Waals surface area contributed by atoms with Gasteiger partial charge in [0.1, 0.15) is 0 Å². The van der Waals surface area contributed by atoms with E-state index in [1.807, 2.05) is 0 Å². The fourth-order valence-electron chi connectivity index (χ4n) is 2.10. The molecule has 0 amide bonds. The fraction of sp³-hybridized carbons (Fsp3) is 1.00. The normalized spacial score (nSPS) is 64.2. The minimum atomic E-state index is 0.585. The molecule has 1 aliphatic heterocycles. The molecule has 0 bridgehead atoms. The van der Waals surface area contributed by atoms with Gasteiger partial charge in [0.05, 0.1) is 8.10 Å². The molecule has 1 spiro atoms. The summed E-state index contributed by atoms with van der Waals surface area (Å²) in [4.78, 5) is 0. The first-order valence-corrected chi connectivity index (χ1v) is 8.83. The van der Waals surface area contributed by atoms with Crippen LogP contribution in [-0.4, -0.2) is 15.9 Å². The quantitative estimate of drug-likeness (QED) is 0.251. The van der Waals surface area contributed by atoms with E-state index in [1.165, 1.54) is 0 Å². The van der Waals surface area contributed by atoms with E-state index in [2.05, 4.69) is 103 Å². The Balaban J connectivity index is 2.22. The van der Waals surface area contributed by atoms with E-state index in [4.69, 9.17) is 0 Å². The highest BCUT2D eigenvalue weighted by molar-refractivity contribution is 14.1.